The normalized spacial score (nSPS) is 15.4. The van der Waals surface area contributed by atoms with Gasteiger partial charge in [0.1, 0.15) is 16.5 Å². The summed E-state index contributed by atoms with van der Waals surface area (Å²) in [6.07, 6.45) is 2.93. The fourth-order valence-electron chi connectivity index (χ4n) is 3.78. The Balaban J connectivity index is 1.24. The number of piperidine rings is 1. The number of hydrogen-bond donors (Lipinski definition) is 0. The van der Waals surface area contributed by atoms with Crippen molar-refractivity contribution in [1.82, 2.24) is 20.1 Å². The van der Waals surface area contributed by atoms with Crippen molar-refractivity contribution in [3.8, 4) is 16.5 Å². The number of ether oxygens (including phenoxy) is 1. The Hall–Kier alpha value is -3.05. The quantitative estimate of drug-likeness (QED) is 0.383. The molecule has 4 aromatic rings. The van der Waals surface area contributed by atoms with Crippen molar-refractivity contribution >= 4 is 37.5 Å². The molecule has 1 aliphatic rings. The number of nitrogens with zero attached hydrogens (tertiary/aromatic N) is 5. The first-order valence-corrected chi connectivity index (χ1v) is 13.8. The number of pyridine rings is 1. The van der Waals surface area contributed by atoms with Gasteiger partial charge in [0.25, 0.3) is 5.19 Å². The predicted molar refractivity (Wildman–Crippen MR) is 130 cm³/mol. The van der Waals surface area contributed by atoms with Crippen molar-refractivity contribution in [3.63, 3.8) is 0 Å². The highest BCUT2D eigenvalue weighted by atomic mass is 32.2. The van der Waals surface area contributed by atoms with Gasteiger partial charge < -0.3 is 14.2 Å². The molecule has 0 bridgehead atoms. The maximum Gasteiger partial charge on any atom is 0.324 e. The molecular weight excluding hydrogens is 474 g/mol. The number of aromatic nitrogens is 4. The molecule has 1 fully saturated rings. The topological polar surface area (TPSA) is 111 Å². The Morgan fingerprint density at radius 1 is 1.06 bits per heavy atom. The lowest BCUT2D eigenvalue weighted by Crippen LogP contribution is -2.38. The van der Waals surface area contributed by atoms with Crippen LogP contribution in [0.2, 0.25) is 0 Å². The molecular formula is C23H25N5O4S2. The second-order valence-corrected chi connectivity index (χ2v) is 11.6. The Morgan fingerprint density at radius 2 is 1.79 bits per heavy atom. The van der Waals surface area contributed by atoms with Crippen LogP contribution in [0, 0.1) is 0 Å². The predicted octanol–water partition coefficient (Wildman–Crippen LogP) is 4.32. The minimum Gasteiger partial charge on any atom is -0.467 e. The molecule has 1 aliphatic heterocycles. The number of hydrogen-bond acceptors (Lipinski definition) is 10. The van der Waals surface area contributed by atoms with E-state index in [1.54, 1.807) is 24.3 Å². The third kappa shape index (κ3) is 4.76. The summed E-state index contributed by atoms with van der Waals surface area (Å²) in [6.45, 7) is 5.64. The van der Waals surface area contributed by atoms with Gasteiger partial charge in [0.05, 0.1) is 10.6 Å². The van der Waals surface area contributed by atoms with Crippen LogP contribution < -0.4 is 9.64 Å². The minimum atomic E-state index is -3.23. The summed E-state index contributed by atoms with van der Waals surface area (Å²) in [5, 5.41) is 4.65. The highest BCUT2D eigenvalue weighted by Gasteiger charge is 2.25. The number of fused-ring (bicyclic) bond motifs is 1. The van der Waals surface area contributed by atoms with Crippen LogP contribution in [0.1, 0.15) is 38.4 Å². The summed E-state index contributed by atoms with van der Waals surface area (Å²) in [6, 6.07) is 11.1. The van der Waals surface area contributed by atoms with E-state index in [9.17, 15) is 8.42 Å². The van der Waals surface area contributed by atoms with Gasteiger partial charge in [0.2, 0.25) is 0 Å². The third-order valence-corrected chi connectivity index (χ3v) is 7.73. The lowest BCUT2D eigenvalue weighted by Gasteiger charge is -2.29. The molecule has 9 nitrogen and oxygen atoms in total. The van der Waals surface area contributed by atoms with Crippen LogP contribution in [-0.2, 0) is 9.84 Å². The van der Waals surface area contributed by atoms with Crippen molar-refractivity contribution in [2.45, 2.75) is 43.6 Å². The average molecular weight is 500 g/mol. The minimum absolute atomic E-state index is 0.0623. The van der Waals surface area contributed by atoms with Crippen LogP contribution in [0.5, 0.6) is 5.19 Å². The lowest BCUT2D eigenvalue weighted by atomic mass is 10.1. The van der Waals surface area contributed by atoms with Crippen LogP contribution in [0.15, 0.2) is 45.8 Å². The standard InChI is InChI=1S/C23H25N5O4S2/c1-14(2)20-26-22(32-27-20)28-12-10-16(11-13-28)31-23-25-19-9-8-18(24-21(19)33-23)15-4-6-17(7-5-15)34(3,29)30/h4-9,14,16H,10-13H2,1-3H3. The van der Waals surface area contributed by atoms with E-state index in [4.69, 9.17) is 14.2 Å². The summed E-state index contributed by atoms with van der Waals surface area (Å²) in [7, 11) is -3.23. The van der Waals surface area contributed by atoms with Gasteiger partial charge >= 0.3 is 6.01 Å². The maximum absolute atomic E-state index is 11.7. The highest BCUT2D eigenvalue weighted by Crippen LogP contribution is 2.31. The summed E-state index contributed by atoms with van der Waals surface area (Å²) < 4.78 is 35.0. The molecule has 4 heterocycles. The average Bonchev–Trinajstić information content (AvgIpc) is 3.46. The summed E-state index contributed by atoms with van der Waals surface area (Å²) in [5.74, 6) is 0.958. The first-order valence-electron chi connectivity index (χ1n) is 11.1. The molecule has 11 heteroatoms. The molecule has 0 aliphatic carbocycles. The molecule has 0 N–H and O–H groups in total. The molecule has 0 unspecified atom stereocenters. The molecule has 0 atom stereocenters. The van der Waals surface area contributed by atoms with E-state index in [1.165, 1.54) is 17.6 Å². The zero-order valence-electron chi connectivity index (χ0n) is 19.1. The van der Waals surface area contributed by atoms with E-state index >= 15 is 0 Å². The van der Waals surface area contributed by atoms with E-state index in [0.29, 0.717) is 11.2 Å². The molecule has 5 rings (SSSR count). The van der Waals surface area contributed by atoms with Gasteiger partial charge in [-0.25, -0.2) is 18.4 Å². The van der Waals surface area contributed by atoms with Crippen molar-refractivity contribution in [1.29, 1.82) is 0 Å². The monoisotopic (exact) mass is 499 g/mol. The second-order valence-electron chi connectivity index (χ2n) is 8.69. The van der Waals surface area contributed by atoms with Crippen molar-refractivity contribution < 1.29 is 17.7 Å². The smallest absolute Gasteiger partial charge is 0.324 e. The number of benzene rings is 1. The van der Waals surface area contributed by atoms with Crippen molar-refractivity contribution in [2.24, 2.45) is 0 Å². The number of thiazole rings is 1. The molecule has 3 aromatic heterocycles. The fraction of sp³-hybridized carbons (Fsp3) is 0.391. The molecule has 0 amide bonds. The second kappa shape index (κ2) is 8.95. The summed E-state index contributed by atoms with van der Waals surface area (Å²) in [4.78, 5) is 16.9. The van der Waals surface area contributed by atoms with Gasteiger partial charge in [-0.1, -0.05) is 42.5 Å². The van der Waals surface area contributed by atoms with E-state index in [0.717, 1.165) is 53.4 Å². The Morgan fingerprint density at radius 3 is 2.44 bits per heavy atom. The summed E-state index contributed by atoms with van der Waals surface area (Å²) >= 11 is 1.42. The molecule has 0 spiro atoms. The molecule has 178 valence electrons. The van der Waals surface area contributed by atoms with Gasteiger partial charge in [-0.05, 0) is 24.3 Å². The molecule has 1 saturated heterocycles. The molecule has 34 heavy (non-hydrogen) atoms. The zero-order valence-corrected chi connectivity index (χ0v) is 20.8. The van der Waals surface area contributed by atoms with Gasteiger partial charge in [-0.2, -0.15) is 4.98 Å². The summed E-state index contributed by atoms with van der Waals surface area (Å²) in [5.41, 5.74) is 2.39. The van der Waals surface area contributed by atoms with E-state index in [-0.39, 0.29) is 16.9 Å². The first kappa shape index (κ1) is 22.7. The van der Waals surface area contributed by atoms with Crippen molar-refractivity contribution in [3.05, 3.63) is 42.2 Å². The van der Waals surface area contributed by atoms with Gasteiger partial charge in [0.15, 0.2) is 15.7 Å². The Kier molecular flexibility index (Phi) is 5.98. The van der Waals surface area contributed by atoms with Crippen molar-refractivity contribution in [2.75, 3.05) is 24.2 Å². The Labute approximate surface area is 201 Å². The van der Waals surface area contributed by atoms with E-state index in [2.05, 4.69) is 20.0 Å². The van der Waals surface area contributed by atoms with E-state index < -0.39 is 9.84 Å². The number of rotatable bonds is 6. The number of sulfone groups is 1. The van der Waals surface area contributed by atoms with Crippen LogP contribution in [0.4, 0.5) is 6.01 Å². The van der Waals surface area contributed by atoms with Crippen LogP contribution in [0.25, 0.3) is 21.6 Å². The highest BCUT2D eigenvalue weighted by molar-refractivity contribution is 7.90. The van der Waals surface area contributed by atoms with Gasteiger partial charge in [-0.15, -0.1) is 0 Å². The SMILES string of the molecule is CC(C)c1noc(N2CCC(Oc3nc4ccc(-c5ccc(S(C)(=O)=O)cc5)nc4s3)CC2)n1. The van der Waals surface area contributed by atoms with Gasteiger partial charge in [-0.3, -0.25) is 0 Å². The lowest BCUT2D eigenvalue weighted by molar-refractivity contribution is 0.168. The maximum atomic E-state index is 11.7. The third-order valence-electron chi connectivity index (χ3n) is 5.74. The molecule has 0 saturated carbocycles. The first-order chi connectivity index (χ1) is 16.3. The van der Waals surface area contributed by atoms with Crippen LogP contribution >= 0.6 is 11.3 Å². The fourth-order valence-corrected chi connectivity index (χ4v) is 5.26. The number of anilines is 1. The molecule has 1 aromatic carbocycles. The van der Waals surface area contributed by atoms with E-state index in [1.807, 2.05) is 26.0 Å². The zero-order chi connectivity index (χ0) is 23.9. The largest absolute Gasteiger partial charge is 0.467 e. The van der Waals surface area contributed by atoms with Crippen LogP contribution in [0.3, 0.4) is 0 Å². The van der Waals surface area contributed by atoms with Gasteiger partial charge in [0, 0.05) is 43.7 Å². The van der Waals surface area contributed by atoms with Crippen LogP contribution in [-0.4, -0.2) is 54.0 Å². The molecule has 0 radical (unpaired) electrons. The Bertz CT molecular complexity index is 1400.